The lowest BCUT2D eigenvalue weighted by Gasteiger charge is -2.18. The molecule has 0 fully saturated rings. The summed E-state index contributed by atoms with van der Waals surface area (Å²) in [6, 6.07) is 21.6. The highest BCUT2D eigenvalue weighted by atomic mass is 16.5. The topological polar surface area (TPSA) is 88.3 Å². The third-order valence-electron chi connectivity index (χ3n) is 6.38. The number of hydrogen-bond acceptors (Lipinski definition) is 5. The molecule has 1 aromatic heterocycles. The Bertz CT molecular complexity index is 1410. The first-order valence-corrected chi connectivity index (χ1v) is 12.1. The molecule has 7 nitrogen and oxygen atoms in total. The first kappa shape index (κ1) is 23.5. The summed E-state index contributed by atoms with van der Waals surface area (Å²) in [5, 5.41) is 6.98. The van der Waals surface area contributed by atoms with Gasteiger partial charge in [-0.25, -0.2) is 0 Å². The van der Waals surface area contributed by atoms with Gasteiger partial charge in [-0.05, 0) is 49.6 Å². The van der Waals surface area contributed by atoms with Crippen molar-refractivity contribution in [3.63, 3.8) is 0 Å². The van der Waals surface area contributed by atoms with E-state index in [0.29, 0.717) is 36.8 Å². The molecular formula is C29H28N4O3. The molecule has 1 aliphatic heterocycles. The molecule has 0 bridgehead atoms. The van der Waals surface area contributed by atoms with Crippen LogP contribution < -0.4 is 10.2 Å². The number of nitrogens with one attached hydrogen (secondary N) is 1. The van der Waals surface area contributed by atoms with Gasteiger partial charge in [-0.2, -0.15) is 4.98 Å². The van der Waals surface area contributed by atoms with Gasteiger partial charge in [-0.15, -0.1) is 0 Å². The third kappa shape index (κ3) is 5.20. The zero-order chi connectivity index (χ0) is 25.1. The molecule has 5 rings (SSSR count). The van der Waals surface area contributed by atoms with Crippen molar-refractivity contribution in [3.05, 3.63) is 100 Å². The summed E-state index contributed by atoms with van der Waals surface area (Å²) in [7, 11) is 0. The molecule has 7 heteroatoms. The highest BCUT2D eigenvalue weighted by Crippen LogP contribution is 2.30. The number of rotatable bonds is 7. The highest BCUT2D eigenvalue weighted by molar-refractivity contribution is 6.07. The lowest BCUT2D eigenvalue weighted by molar-refractivity contribution is -0.121. The molecule has 2 heterocycles. The van der Waals surface area contributed by atoms with Gasteiger partial charge >= 0.3 is 0 Å². The van der Waals surface area contributed by atoms with Crippen molar-refractivity contribution >= 4 is 17.5 Å². The number of anilines is 1. The van der Waals surface area contributed by atoms with Crippen LogP contribution in [-0.2, 0) is 24.2 Å². The molecule has 0 radical (unpaired) electrons. The molecule has 0 saturated carbocycles. The lowest BCUT2D eigenvalue weighted by Crippen LogP contribution is -2.28. The fourth-order valence-electron chi connectivity index (χ4n) is 4.40. The van der Waals surface area contributed by atoms with Gasteiger partial charge in [0.05, 0.1) is 0 Å². The van der Waals surface area contributed by atoms with Gasteiger partial charge in [0.25, 0.3) is 5.91 Å². The molecule has 1 N–H and O–H groups in total. The van der Waals surface area contributed by atoms with Crippen LogP contribution in [0.25, 0.3) is 11.4 Å². The summed E-state index contributed by atoms with van der Waals surface area (Å²) in [4.78, 5) is 31.6. The van der Waals surface area contributed by atoms with E-state index in [9.17, 15) is 9.59 Å². The van der Waals surface area contributed by atoms with Gasteiger partial charge < -0.3 is 14.7 Å². The second-order valence-corrected chi connectivity index (χ2v) is 9.19. The minimum Gasteiger partial charge on any atom is -0.352 e. The fourth-order valence-corrected chi connectivity index (χ4v) is 4.40. The van der Waals surface area contributed by atoms with Crippen molar-refractivity contribution in [2.24, 2.45) is 0 Å². The normalized spacial score (nSPS) is 12.4. The van der Waals surface area contributed by atoms with Crippen molar-refractivity contribution in [3.8, 4) is 11.4 Å². The van der Waals surface area contributed by atoms with Crippen molar-refractivity contribution in [1.29, 1.82) is 0 Å². The lowest BCUT2D eigenvalue weighted by atomic mass is 10.1. The molecular weight excluding hydrogens is 452 g/mol. The molecule has 182 valence electrons. The number of carbonyl (C=O) groups excluding carboxylic acids is 2. The van der Waals surface area contributed by atoms with E-state index >= 15 is 0 Å². The van der Waals surface area contributed by atoms with Gasteiger partial charge in [-0.1, -0.05) is 64.8 Å². The Balaban J connectivity index is 1.14. The van der Waals surface area contributed by atoms with Gasteiger partial charge in [0.15, 0.2) is 0 Å². The molecule has 0 spiro atoms. The zero-order valence-corrected chi connectivity index (χ0v) is 20.5. The van der Waals surface area contributed by atoms with Crippen LogP contribution in [0.2, 0.25) is 0 Å². The molecule has 0 aliphatic carbocycles. The average molecular weight is 481 g/mol. The second-order valence-electron chi connectivity index (χ2n) is 9.19. The van der Waals surface area contributed by atoms with E-state index in [1.54, 1.807) is 0 Å². The number of hydrogen-bond donors (Lipinski definition) is 1. The fraction of sp³-hybridized carbons (Fsp3) is 0.241. The van der Waals surface area contributed by atoms with E-state index in [1.165, 1.54) is 0 Å². The van der Waals surface area contributed by atoms with E-state index in [2.05, 4.69) is 21.5 Å². The average Bonchev–Trinajstić information content (AvgIpc) is 3.53. The predicted molar refractivity (Wildman–Crippen MR) is 138 cm³/mol. The summed E-state index contributed by atoms with van der Waals surface area (Å²) in [5.74, 6) is 0.905. The zero-order valence-electron chi connectivity index (χ0n) is 20.5. The van der Waals surface area contributed by atoms with Gasteiger partial charge in [0, 0.05) is 42.7 Å². The summed E-state index contributed by atoms with van der Waals surface area (Å²) < 4.78 is 5.31. The smallest absolute Gasteiger partial charge is 0.258 e. The number of amides is 2. The van der Waals surface area contributed by atoms with Gasteiger partial charge in [-0.3, -0.25) is 9.59 Å². The minimum absolute atomic E-state index is 0.0186. The maximum Gasteiger partial charge on any atom is 0.258 e. The first-order chi connectivity index (χ1) is 17.5. The number of aromatic nitrogens is 2. The van der Waals surface area contributed by atoms with Gasteiger partial charge in [0.1, 0.15) is 0 Å². The predicted octanol–water partition coefficient (Wildman–Crippen LogP) is 4.81. The molecule has 36 heavy (non-hydrogen) atoms. The summed E-state index contributed by atoms with van der Waals surface area (Å²) in [6.07, 6.45) is 1.44. The van der Waals surface area contributed by atoms with Crippen LogP contribution in [0.15, 0.2) is 71.3 Å². The number of benzene rings is 3. The monoisotopic (exact) mass is 480 g/mol. The van der Waals surface area contributed by atoms with E-state index in [-0.39, 0.29) is 18.2 Å². The quantitative estimate of drug-likeness (QED) is 0.410. The Kier molecular flexibility index (Phi) is 6.62. The second kappa shape index (κ2) is 10.2. The molecule has 4 aromatic rings. The van der Waals surface area contributed by atoms with Gasteiger partial charge in [0.2, 0.25) is 17.6 Å². The first-order valence-electron chi connectivity index (χ1n) is 12.1. The van der Waals surface area contributed by atoms with Crippen molar-refractivity contribution in [1.82, 2.24) is 15.5 Å². The van der Waals surface area contributed by atoms with E-state index in [4.69, 9.17) is 4.52 Å². The Labute approximate surface area is 210 Å². The van der Waals surface area contributed by atoms with Crippen molar-refractivity contribution in [2.75, 3.05) is 11.4 Å². The van der Waals surface area contributed by atoms with Crippen LogP contribution in [0.5, 0.6) is 0 Å². The SMILES string of the molecule is Cc1ccc(-c2noc(CCC(=O)NCc3ccc4c(c3)CCN4C(=O)c3cccc(C)c3)n2)cc1. The number of aryl methyl sites for hydroxylation is 3. The number of nitrogens with zero attached hydrogens (tertiary/aromatic N) is 3. The Morgan fingerprint density at radius 1 is 1.00 bits per heavy atom. The van der Waals surface area contributed by atoms with E-state index in [0.717, 1.165) is 39.9 Å². The number of carbonyl (C=O) groups is 2. The molecule has 0 saturated heterocycles. The van der Waals surface area contributed by atoms with Crippen LogP contribution in [0.4, 0.5) is 5.69 Å². The minimum atomic E-state index is -0.0816. The molecule has 3 aromatic carbocycles. The van der Waals surface area contributed by atoms with Crippen LogP contribution in [0.1, 0.15) is 44.9 Å². The third-order valence-corrected chi connectivity index (χ3v) is 6.38. The standard InChI is InChI=1S/C29H28N4O3/c1-19-6-9-22(10-7-19)28-31-27(36-32-28)13-12-26(34)30-18-21-8-11-25-23(17-21)14-15-33(25)29(35)24-5-3-4-20(2)16-24/h3-11,16-17H,12-15,18H2,1-2H3,(H,30,34). The summed E-state index contributed by atoms with van der Waals surface area (Å²) in [6.45, 7) is 5.10. The molecule has 0 atom stereocenters. The van der Waals surface area contributed by atoms with Crippen LogP contribution in [0.3, 0.4) is 0 Å². The molecule has 0 unspecified atom stereocenters. The van der Waals surface area contributed by atoms with Crippen LogP contribution in [0, 0.1) is 13.8 Å². The summed E-state index contributed by atoms with van der Waals surface area (Å²) in [5.41, 5.74) is 6.89. The largest absolute Gasteiger partial charge is 0.352 e. The molecule has 1 aliphatic rings. The van der Waals surface area contributed by atoms with Crippen LogP contribution in [-0.4, -0.2) is 28.5 Å². The molecule has 2 amide bonds. The van der Waals surface area contributed by atoms with E-state index in [1.807, 2.05) is 79.4 Å². The number of fused-ring (bicyclic) bond motifs is 1. The Morgan fingerprint density at radius 3 is 2.64 bits per heavy atom. The van der Waals surface area contributed by atoms with E-state index < -0.39 is 0 Å². The highest BCUT2D eigenvalue weighted by Gasteiger charge is 2.25. The Hall–Kier alpha value is -4.26. The van der Waals surface area contributed by atoms with Crippen molar-refractivity contribution in [2.45, 2.75) is 39.7 Å². The van der Waals surface area contributed by atoms with Crippen LogP contribution >= 0.6 is 0 Å². The van der Waals surface area contributed by atoms with Crippen molar-refractivity contribution < 1.29 is 14.1 Å². The maximum atomic E-state index is 13.0. The maximum absolute atomic E-state index is 13.0. The Morgan fingerprint density at radius 2 is 1.83 bits per heavy atom. The summed E-state index contributed by atoms with van der Waals surface area (Å²) >= 11 is 0.